The van der Waals surface area contributed by atoms with E-state index in [1.54, 1.807) is 6.08 Å². The van der Waals surface area contributed by atoms with Crippen molar-refractivity contribution in [3.8, 4) is 0 Å². The number of rotatable bonds is 3. The van der Waals surface area contributed by atoms with Crippen LogP contribution in [0.1, 0.15) is 11.1 Å². The number of hydrogen-bond donors (Lipinski definition) is 2. The Hall–Kier alpha value is -1.35. The van der Waals surface area contributed by atoms with Crippen molar-refractivity contribution >= 4 is 23.0 Å². The summed E-state index contributed by atoms with van der Waals surface area (Å²) in [6.07, 6.45) is 1.77. The maximum absolute atomic E-state index is 5.11. The fourth-order valence-electron chi connectivity index (χ4n) is 1.16. The van der Waals surface area contributed by atoms with E-state index in [0.717, 1.165) is 5.69 Å². The Kier molecular flexibility index (Phi) is 4.31. The second kappa shape index (κ2) is 5.51. The minimum atomic E-state index is 0.623. The van der Waals surface area contributed by atoms with Gasteiger partial charge in [-0.2, -0.15) is 0 Å². The largest absolute Gasteiger partial charge is 0.359 e. The molecule has 15 heavy (non-hydrogen) atoms. The molecule has 3 heteroatoms. The molecule has 0 radical (unpaired) electrons. The van der Waals surface area contributed by atoms with Crippen molar-refractivity contribution in [2.45, 2.75) is 13.8 Å². The second-order valence-electron chi connectivity index (χ2n) is 3.42. The summed E-state index contributed by atoms with van der Waals surface area (Å²) >= 11 is 5.11. The van der Waals surface area contributed by atoms with Crippen molar-refractivity contribution in [1.29, 1.82) is 0 Å². The standard InChI is InChI=1S/C12H16N2S/c1-4-7-13-12(15)14-11-6-5-9(2)10(3)8-11/h4-6,8H,1,7H2,2-3H3,(H2,13,14,15). The maximum atomic E-state index is 5.11. The molecule has 1 rings (SSSR count). The van der Waals surface area contributed by atoms with E-state index in [0.29, 0.717) is 11.7 Å². The van der Waals surface area contributed by atoms with Crippen LogP contribution in [-0.4, -0.2) is 11.7 Å². The van der Waals surface area contributed by atoms with Gasteiger partial charge in [0.15, 0.2) is 5.11 Å². The van der Waals surface area contributed by atoms with E-state index < -0.39 is 0 Å². The van der Waals surface area contributed by atoms with Crippen molar-refractivity contribution in [2.24, 2.45) is 0 Å². The molecule has 0 aliphatic carbocycles. The summed E-state index contributed by atoms with van der Waals surface area (Å²) in [4.78, 5) is 0. The summed E-state index contributed by atoms with van der Waals surface area (Å²) < 4.78 is 0. The molecule has 0 heterocycles. The number of thiocarbonyl (C=S) groups is 1. The van der Waals surface area contributed by atoms with Gasteiger partial charge in [-0.05, 0) is 49.3 Å². The number of benzene rings is 1. The van der Waals surface area contributed by atoms with Crippen LogP contribution in [0.2, 0.25) is 0 Å². The van der Waals surface area contributed by atoms with Gasteiger partial charge >= 0.3 is 0 Å². The summed E-state index contributed by atoms with van der Waals surface area (Å²) in [5.41, 5.74) is 3.55. The first kappa shape index (κ1) is 11.7. The van der Waals surface area contributed by atoms with Crippen LogP contribution in [0.5, 0.6) is 0 Å². The van der Waals surface area contributed by atoms with E-state index in [2.05, 4.69) is 43.2 Å². The number of aryl methyl sites for hydroxylation is 2. The van der Waals surface area contributed by atoms with Crippen LogP contribution < -0.4 is 10.6 Å². The predicted molar refractivity (Wildman–Crippen MR) is 70.3 cm³/mol. The van der Waals surface area contributed by atoms with Gasteiger partial charge in [0.25, 0.3) is 0 Å². The topological polar surface area (TPSA) is 24.1 Å². The molecular formula is C12H16N2S. The van der Waals surface area contributed by atoms with Gasteiger partial charge in [-0.3, -0.25) is 0 Å². The predicted octanol–water partition coefficient (Wildman–Crippen LogP) is 2.78. The van der Waals surface area contributed by atoms with Crippen molar-refractivity contribution in [1.82, 2.24) is 5.32 Å². The van der Waals surface area contributed by atoms with Crippen LogP contribution in [0.25, 0.3) is 0 Å². The molecule has 1 aromatic carbocycles. The van der Waals surface area contributed by atoms with E-state index in [1.807, 2.05) is 6.07 Å². The van der Waals surface area contributed by atoms with Crippen LogP contribution >= 0.6 is 12.2 Å². The Labute approximate surface area is 96.4 Å². The maximum Gasteiger partial charge on any atom is 0.171 e. The Balaban J connectivity index is 2.60. The monoisotopic (exact) mass is 220 g/mol. The molecule has 0 aromatic heterocycles. The van der Waals surface area contributed by atoms with Crippen LogP contribution in [0.4, 0.5) is 5.69 Å². The number of hydrogen-bond acceptors (Lipinski definition) is 1. The summed E-state index contributed by atoms with van der Waals surface area (Å²) in [5, 5.41) is 6.76. The van der Waals surface area contributed by atoms with Crippen molar-refractivity contribution in [3.05, 3.63) is 42.0 Å². The molecule has 0 unspecified atom stereocenters. The van der Waals surface area contributed by atoms with Gasteiger partial charge in [0.05, 0.1) is 0 Å². The highest BCUT2D eigenvalue weighted by Gasteiger charge is 1.98. The molecule has 80 valence electrons. The Morgan fingerprint density at radius 3 is 2.73 bits per heavy atom. The highest BCUT2D eigenvalue weighted by atomic mass is 32.1. The van der Waals surface area contributed by atoms with Gasteiger partial charge < -0.3 is 10.6 Å². The lowest BCUT2D eigenvalue weighted by Crippen LogP contribution is -2.28. The first-order valence-corrected chi connectivity index (χ1v) is 5.27. The fourth-order valence-corrected chi connectivity index (χ4v) is 1.36. The summed E-state index contributed by atoms with van der Waals surface area (Å²) in [5.74, 6) is 0. The zero-order valence-corrected chi connectivity index (χ0v) is 9.95. The lowest BCUT2D eigenvalue weighted by Gasteiger charge is -2.10. The van der Waals surface area contributed by atoms with E-state index >= 15 is 0 Å². The normalized spacial score (nSPS) is 9.47. The van der Waals surface area contributed by atoms with E-state index in [4.69, 9.17) is 12.2 Å². The smallest absolute Gasteiger partial charge is 0.171 e. The van der Waals surface area contributed by atoms with E-state index in [9.17, 15) is 0 Å². The van der Waals surface area contributed by atoms with Crippen LogP contribution in [0.3, 0.4) is 0 Å². The molecule has 2 N–H and O–H groups in total. The quantitative estimate of drug-likeness (QED) is 0.605. The molecule has 2 nitrogen and oxygen atoms in total. The lowest BCUT2D eigenvalue weighted by molar-refractivity contribution is 1.06. The number of nitrogens with one attached hydrogen (secondary N) is 2. The molecular weight excluding hydrogens is 204 g/mol. The third-order valence-electron chi connectivity index (χ3n) is 2.17. The number of anilines is 1. The first-order valence-electron chi connectivity index (χ1n) is 4.86. The van der Waals surface area contributed by atoms with Crippen molar-refractivity contribution in [2.75, 3.05) is 11.9 Å². The minimum Gasteiger partial charge on any atom is -0.359 e. The van der Waals surface area contributed by atoms with E-state index in [-0.39, 0.29) is 0 Å². The van der Waals surface area contributed by atoms with Gasteiger partial charge in [-0.1, -0.05) is 12.1 Å². The van der Waals surface area contributed by atoms with E-state index in [1.165, 1.54) is 11.1 Å². The average Bonchev–Trinajstić information content (AvgIpc) is 2.20. The molecule has 0 aliphatic rings. The average molecular weight is 220 g/mol. The lowest BCUT2D eigenvalue weighted by atomic mass is 10.1. The molecule has 0 atom stereocenters. The Bertz CT molecular complexity index is 372. The van der Waals surface area contributed by atoms with Gasteiger partial charge in [0.1, 0.15) is 0 Å². The molecule has 0 saturated carbocycles. The molecule has 1 aromatic rings. The van der Waals surface area contributed by atoms with Gasteiger partial charge in [0.2, 0.25) is 0 Å². The van der Waals surface area contributed by atoms with Gasteiger partial charge in [-0.15, -0.1) is 6.58 Å². The third-order valence-corrected chi connectivity index (χ3v) is 2.42. The molecule has 0 bridgehead atoms. The molecule has 0 saturated heterocycles. The first-order chi connectivity index (χ1) is 7.13. The summed E-state index contributed by atoms with van der Waals surface area (Å²) in [6, 6.07) is 6.18. The van der Waals surface area contributed by atoms with Crippen LogP contribution in [0, 0.1) is 13.8 Å². The SMILES string of the molecule is C=CCNC(=S)Nc1ccc(C)c(C)c1. The van der Waals surface area contributed by atoms with Crippen LogP contribution in [-0.2, 0) is 0 Å². The Morgan fingerprint density at radius 1 is 1.40 bits per heavy atom. The summed E-state index contributed by atoms with van der Waals surface area (Å²) in [7, 11) is 0. The highest BCUT2D eigenvalue weighted by Crippen LogP contribution is 2.13. The van der Waals surface area contributed by atoms with Crippen molar-refractivity contribution in [3.63, 3.8) is 0 Å². The minimum absolute atomic E-state index is 0.623. The molecule has 0 spiro atoms. The second-order valence-corrected chi connectivity index (χ2v) is 3.83. The molecule has 0 aliphatic heterocycles. The summed E-state index contributed by atoms with van der Waals surface area (Å²) in [6.45, 7) is 8.47. The van der Waals surface area contributed by atoms with Crippen molar-refractivity contribution < 1.29 is 0 Å². The highest BCUT2D eigenvalue weighted by molar-refractivity contribution is 7.80. The zero-order valence-electron chi connectivity index (χ0n) is 9.13. The van der Waals surface area contributed by atoms with Gasteiger partial charge in [-0.25, -0.2) is 0 Å². The van der Waals surface area contributed by atoms with Crippen LogP contribution in [0.15, 0.2) is 30.9 Å². The molecule has 0 amide bonds. The fraction of sp³-hybridized carbons (Fsp3) is 0.250. The molecule has 0 fully saturated rings. The third kappa shape index (κ3) is 3.72. The van der Waals surface area contributed by atoms with Gasteiger partial charge in [0, 0.05) is 12.2 Å². The Morgan fingerprint density at radius 2 is 2.13 bits per heavy atom. The zero-order chi connectivity index (χ0) is 11.3.